The van der Waals surface area contributed by atoms with Gasteiger partial charge in [0.2, 0.25) is 0 Å². The third-order valence-electron chi connectivity index (χ3n) is 3.39. The van der Waals surface area contributed by atoms with Crippen molar-refractivity contribution in [1.82, 2.24) is 19.9 Å². The van der Waals surface area contributed by atoms with Gasteiger partial charge in [0.05, 0.1) is 0 Å². The summed E-state index contributed by atoms with van der Waals surface area (Å²) in [5.41, 5.74) is 1.37. The summed E-state index contributed by atoms with van der Waals surface area (Å²) in [4.78, 5) is 25.5. The molecule has 0 aliphatic rings. The summed E-state index contributed by atoms with van der Waals surface area (Å²) < 4.78 is 5.72. The summed E-state index contributed by atoms with van der Waals surface area (Å²) in [5, 5.41) is 0.842. The first-order valence-electron chi connectivity index (χ1n) is 7.14. The molecule has 0 unspecified atom stereocenters. The zero-order valence-corrected chi connectivity index (χ0v) is 12.5. The molecule has 3 rings (SSSR count). The second-order valence-electron chi connectivity index (χ2n) is 4.91. The maximum Gasteiger partial charge on any atom is 0.290 e. The van der Waals surface area contributed by atoms with Crippen molar-refractivity contribution in [3.8, 4) is 11.5 Å². The summed E-state index contributed by atoms with van der Waals surface area (Å²) in [6, 6.07) is 5.26. The summed E-state index contributed by atoms with van der Waals surface area (Å²) >= 11 is 0. The molecule has 6 heteroatoms. The van der Waals surface area contributed by atoms with Crippen LogP contribution in [0, 0.1) is 0 Å². The quantitative estimate of drug-likeness (QED) is 0.709. The van der Waals surface area contributed by atoms with Crippen LogP contribution >= 0.6 is 0 Å². The predicted octanol–water partition coefficient (Wildman–Crippen LogP) is 3.28. The van der Waals surface area contributed by atoms with Gasteiger partial charge in [-0.15, -0.1) is 13.2 Å². The van der Waals surface area contributed by atoms with E-state index in [0.717, 1.165) is 11.0 Å². The van der Waals surface area contributed by atoms with E-state index < -0.39 is 0 Å². The van der Waals surface area contributed by atoms with Gasteiger partial charge in [0, 0.05) is 26.1 Å². The minimum absolute atomic E-state index is 0. The Balaban J connectivity index is 0.00000208. The molecule has 6 nitrogen and oxygen atoms in total. The Hall–Kier alpha value is -3.15. The smallest absolute Gasteiger partial charge is 0.290 e. The lowest BCUT2D eigenvalue weighted by Gasteiger charge is -2.17. The van der Waals surface area contributed by atoms with E-state index in [1.165, 1.54) is 6.33 Å². The minimum Gasteiger partial charge on any atom is -0.449 e. The first-order valence-corrected chi connectivity index (χ1v) is 7.14. The number of aromatic nitrogens is 3. The first-order chi connectivity index (χ1) is 11.2. The highest BCUT2D eigenvalue weighted by Crippen LogP contribution is 2.26. The molecule has 0 aliphatic heterocycles. The number of amides is 1. The Morgan fingerprint density at radius 1 is 1.26 bits per heavy atom. The van der Waals surface area contributed by atoms with E-state index in [1.807, 2.05) is 6.07 Å². The van der Waals surface area contributed by atoms with Gasteiger partial charge in [-0.2, -0.15) is 0 Å². The number of hydrogen-bond acceptors (Lipinski definition) is 4. The van der Waals surface area contributed by atoms with Crippen molar-refractivity contribution < 1.29 is 10.6 Å². The largest absolute Gasteiger partial charge is 0.449 e. The molecule has 1 N–H and O–H groups in total. The van der Waals surface area contributed by atoms with E-state index in [-0.39, 0.29) is 13.1 Å². The van der Waals surface area contributed by atoms with Gasteiger partial charge in [-0.1, -0.05) is 12.2 Å². The van der Waals surface area contributed by atoms with Gasteiger partial charge in [0.25, 0.3) is 5.91 Å². The number of carbonyl (C=O) groups is 1. The molecule has 23 heavy (non-hydrogen) atoms. The summed E-state index contributed by atoms with van der Waals surface area (Å²) in [6.07, 6.45) is 6.58. The highest BCUT2D eigenvalue weighted by Gasteiger charge is 2.19. The second kappa shape index (κ2) is 6.31. The van der Waals surface area contributed by atoms with E-state index in [1.54, 1.807) is 35.4 Å². The fourth-order valence-corrected chi connectivity index (χ4v) is 2.36. The number of H-pyrrole nitrogens is 1. The molecule has 0 spiro atoms. The van der Waals surface area contributed by atoms with E-state index in [9.17, 15) is 4.79 Å². The number of carbonyl (C=O) groups excluding carboxylic acids is 1. The van der Waals surface area contributed by atoms with Gasteiger partial charge in [-0.3, -0.25) is 4.79 Å². The molecule has 3 aromatic rings. The van der Waals surface area contributed by atoms with Gasteiger partial charge >= 0.3 is 0 Å². The van der Waals surface area contributed by atoms with Gasteiger partial charge in [-0.05, 0) is 18.2 Å². The zero-order valence-electron chi connectivity index (χ0n) is 12.5. The lowest BCUT2D eigenvalue weighted by atomic mass is 10.2. The second-order valence-corrected chi connectivity index (χ2v) is 4.91. The molecule has 118 valence electrons. The molecule has 0 saturated heterocycles. The topological polar surface area (TPSA) is 75.0 Å². The molecule has 1 amide bonds. The van der Waals surface area contributed by atoms with Gasteiger partial charge in [0.15, 0.2) is 11.5 Å². The van der Waals surface area contributed by atoms with Crippen LogP contribution in [-0.2, 0) is 0 Å². The Kier molecular flexibility index (Phi) is 4.05. The Bertz CT molecular complexity index is 858. The number of aromatic amines is 1. The van der Waals surface area contributed by atoms with Crippen LogP contribution < -0.4 is 0 Å². The lowest BCUT2D eigenvalue weighted by molar-refractivity contribution is 0.0760. The third-order valence-corrected chi connectivity index (χ3v) is 3.39. The first kappa shape index (κ1) is 14.8. The monoisotopic (exact) mass is 310 g/mol. The fourth-order valence-electron chi connectivity index (χ4n) is 2.36. The van der Waals surface area contributed by atoms with E-state index in [4.69, 9.17) is 4.42 Å². The van der Waals surface area contributed by atoms with Crippen molar-refractivity contribution in [3.05, 3.63) is 61.8 Å². The number of hydrogen-bond donors (Lipinski definition) is 1. The summed E-state index contributed by atoms with van der Waals surface area (Å²) in [5.74, 6) is 0.568. The molecular weight excluding hydrogens is 292 g/mol. The molecular formula is C17H18N4O2. The van der Waals surface area contributed by atoms with Crippen molar-refractivity contribution in [2.75, 3.05) is 13.1 Å². The van der Waals surface area contributed by atoms with Gasteiger partial charge < -0.3 is 14.3 Å². The average Bonchev–Trinajstić information content (AvgIpc) is 3.22. The van der Waals surface area contributed by atoms with Crippen molar-refractivity contribution >= 4 is 16.9 Å². The van der Waals surface area contributed by atoms with Crippen LogP contribution in [0.15, 0.2) is 60.5 Å². The van der Waals surface area contributed by atoms with Crippen LogP contribution in [0.1, 0.15) is 12.0 Å². The van der Waals surface area contributed by atoms with Crippen LogP contribution in [0.5, 0.6) is 0 Å². The third kappa shape index (κ3) is 2.78. The predicted molar refractivity (Wildman–Crippen MR) is 90.0 cm³/mol. The van der Waals surface area contributed by atoms with Crippen molar-refractivity contribution in [2.24, 2.45) is 0 Å². The SMILES string of the molecule is C=CCN(CC=C)C(=O)c1ccc(-c2ncnc3[nH]ccc23)o1.[HH]. The fraction of sp³-hybridized carbons (Fsp3) is 0.118. The maximum absolute atomic E-state index is 12.5. The average molecular weight is 310 g/mol. The maximum atomic E-state index is 12.5. The molecule has 0 radical (unpaired) electrons. The number of furan rings is 1. The van der Waals surface area contributed by atoms with E-state index >= 15 is 0 Å². The molecule has 3 heterocycles. The molecule has 0 atom stereocenters. The minimum atomic E-state index is -0.213. The molecule has 0 saturated carbocycles. The summed E-state index contributed by atoms with van der Waals surface area (Å²) in [6.45, 7) is 8.18. The van der Waals surface area contributed by atoms with Crippen molar-refractivity contribution in [1.29, 1.82) is 0 Å². The Labute approximate surface area is 134 Å². The van der Waals surface area contributed by atoms with Crippen molar-refractivity contribution in [2.45, 2.75) is 0 Å². The highest BCUT2D eigenvalue weighted by molar-refractivity contribution is 5.94. The van der Waals surface area contributed by atoms with Crippen LogP contribution in [0.3, 0.4) is 0 Å². The van der Waals surface area contributed by atoms with Gasteiger partial charge in [0.1, 0.15) is 17.7 Å². The van der Waals surface area contributed by atoms with Crippen LogP contribution in [-0.4, -0.2) is 38.8 Å². The van der Waals surface area contributed by atoms with E-state index in [0.29, 0.717) is 24.5 Å². The molecule has 0 aliphatic carbocycles. The Morgan fingerprint density at radius 3 is 2.78 bits per heavy atom. The van der Waals surface area contributed by atoms with Crippen LogP contribution in [0.25, 0.3) is 22.5 Å². The van der Waals surface area contributed by atoms with Crippen molar-refractivity contribution in [3.63, 3.8) is 0 Å². The normalized spacial score (nSPS) is 10.6. The number of rotatable bonds is 6. The molecule has 0 fully saturated rings. The molecule has 0 aromatic carbocycles. The standard InChI is InChI=1S/C17H16N4O2.H2/c1-3-9-21(10-4-2)17(22)14-6-5-13(23-14)15-12-7-8-18-16(12)20-11-19-15;/h3-8,11H,1-2,9-10H2,(H,18,19,20);1H. The number of nitrogens with zero attached hydrogens (tertiary/aromatic N) is 3. The summed E-state index contributed by atoms with van der Waals surface area (Å²) in [7, 11) is 0. The molecule has 0 bridgehead atoms. The van der Waals surface area contributed by atoms with E-state index in [2.05, 4.69) is 28.1 Å². The van der Waals surface area contributed by atoms with Gasteiger partial charge in [-0.25, -0.2) is 9.97 Å². The van der Waals surface area contributed by atoms with Crippen LogP contribution in [0.4, 0.5) is 0 Å². The Morgan fingerprint density at radius 2 is 2.04 bits per heavy atom. The lowest BCUT2D eigenvalue weighted by Crippen LogP contribution is -2.30. The molecule has 3 aromatic heterocycles. The highest BCUT2D eigenvalue weighted by atomic mass is 16.4. The number of fused-ring (bicyclic) bond motifs is 1. The number of nitrogens with one attached hydrogen (secondary N) is 1. The zero-order chi connectivity index (χ0) is 16.2. The van der Waals surface area contributed by atoms with Crippen LogP contribution in [0.2, 0.25) is 0 Å².